The Hall–Kier alpha value is -1.30. The molecule has 0 unspecified atom stereocenters. The largest absolute Gasteiger partial charge is 0.444 e. The highest BCUT2D eigenvalue weighted by molar-refractivity contribution is 5.76. The highest BCUT2D eigenvalue weighted by Crippen LogP contribution is 2.11. The van der Waals surface area contributed by atoms with Crippen LogP contribution in [0.2, 0.25) is 0 Å². The van der Waals surface area contributed by atoms with Crippen molar-refractivity contribution in [3.05, 3.63) is 0 Å². The van der Waals surface area contributed by atoms with Crippen molar-refractivity contribution in [2.75, 3.05) is 27.2 Å². The zero-order valence-electron chi connectivity index (χ0n) is 13.6. The first kappa shape index (κ1) is 18.7. The van der Waals surface area contributed by atoms with Gasteiger partial charge in [-0.2, -0.15) is 0 Å². The number of hydrogen-bond donors (Lipinski definition) is 0. The van der Waals surface area contributed by atoms with Gasteiger partial charge in [-0.25, -0.2) is 9.86 Å². The van der Waals surface area contributed by atoms with Crippen molar-refractivity contribution in [1.82, 2.24) is 9.96 Å². The molecule has 0 fully saturated rings. The van der Waals surface area contributed by atoms with Gasteiger partial charge in [-0.05, 0) is 27.2 Å². The fourth-order valence-corrected chi connectivity index (χ4v) is 1.46. The Balaban J connectivity index is 4.48. The fraction of sp³-hybridized carbons (Fsp3) is 0.857. The summed E-state index contributed by atoms with van der Waals surface area (Å²) in [6.07, 6.45) is 1.70. The maximum Gasteiger partial charge on any atom is 0.410 e. The van der Waals surface area contributed by atoms with Gasteiger partial charge in [0.15, 0.2) is 0 Å². The van der Waals surface area contributed by atoms with Crippen molar-refractivity contribution < 1.29 is 19.2 Å². The SMILES string of the molecule is CCCCN(CCC(=O)N(C)OC)C(=O)OC(C)(C)C. The highest BCUT2D eigenvalue weighted by Gasteiger charge is 2.22. The van der Waals surface area contributed by atoms with Crippen LogP contribution in [-0.4, -0.2) is 54.8 Å². The number of amides is 2. The van der Waals surface area contributed by atoms with Gasteiger partial charge in [-0.1, -0.05) is 13.3 Å². The third-order valence-electron chi connectivity index (χ3n) is 2.65. The Bertz CT molecular complexity index is 313. The van der Waals surface area contributed by atoms with Crippen LogP contribution < -0.4 is 0 Å². The lowest BCUT2D eigenvalue weighted by atomic mass is 10.2. The van der Waals surface area contributed by atoms with E-state index >= 15 is 0 Å². The Morgan fingerprint density at radius 1 is 1.15 bits per heavy atom. The lowest BCUT2D eigenvalue weighted by Gasteiger charge is -2.27. The van der Waals surface area contributed by atoms with Crippen molar-refractivity contribution in [2.24, 2.45) is 0 Å². The van der Waals surface area contributed by atoms with E-state index in [4.69, 9.17) is 9.57 Å². The average Bonchev–Trinajstić information content (AvgIpc) is 2.35. The molecule has 20 heavy (non-hydrogen) atoms. The zero-order valence-corrected chi connectivity index (χ0v) is 13.6. The standard InChI is InChI=1S/C14H28N2O4/c1-7-8-10-16(13(18)20-14(2,3)4)11-9-12(17)15(5)19-6/h7-11H2,1-6H3. The first-order valence-electron chi connectivity index (χ1n) is 6.99. The molecule has 0 aliphatic heterocycles. The first-order chi connectivity index (χ1) is 9.21. The lowest BCUT2D eigenvalue weighted by molar-refractivity contribution is -0.168. The smallest absolute Gasteiger partial charge is 0.410 e. The maximum atomic E-state index is 12.1. The van der Waals surface area contributed by atoms with E-state index < -0.39 is 5.60 Å². The molecule has 0 aromatic rings. The molecule has 118 valence electrons. The average molecular weight is 288 g/mol. The molecule has 2 amide bonds. The molecule has 0 atom stereocenters. The maximum absolute atomic E-state index is 12.1. The van der Waals surface area contributed by atoms with E-state index in [0.29, 0.717) is 13.1 Å². The predicted molar refractivity (Wildman–Crippen MR) is 77.1 cm³/mol. The molecular weight excluding hydrogens is 260 g/mol. The van der Waals surface area contributed by atoms with Crippen LogP contribution in [0.5, 0.6) is 0 Å². The summed E-state index contributed by atoms with van der Waals surface area (Å²) in [5.41, 5.74) is -0.533. The predicted octanol–water partition coefficient (Wildman–Crippen LogP) is 2.43. The van der Waals surface area contributed by atoms with Crippen LogP contribution in [0.4, 0.5) is 4.79 Å². The van der Waals surface area contributed by atoms with E-state index in [9.17, 15) is 9.59 Å². The van der Waals surface area contributed by atoms with Crippen molar-refractivity contribution in [3.63, 3.8) is 0 Å². The Kier molecular flexibility index (Phi) is 8.22. The fourth-order valence-electron chi connectivity index (χ4n) is 1.46. The summed E-state index contributed by atoms with van der Waals surface area (Å²) in [4.78, 5) is 30.1. The zero-order chi connectivity index (χ0) is 15.8. The van der Waals surface area contributed by atoms with E-state index in [1.54, 1.807) is 11.9 Å². The van der Waals surface area contributed by atoms with Crippen LogP contribution >= 0.6 is 0 Å². The minimum Gasteiger partial charge on any atom is -0.444 e. The van der Waals surface area contributed by atoms with Gasteiger partial charge in [0.25, 0.3) is 0 Å². The topological polar surface area (TPSA) is 59.1 Å². The second kappa shape index (κ2) is 8.79. The molecule has 6 heteroatoms. The molecular formula is C14H28N2O4. The summed E-state index contributed by atoms with van der Waals surface area (Å²) in [6.45, 7) is 8.46. The number of unbranched alkanes of at least 4 members (excludes halogenated alkanes) is 1. The van der Waals surface area contributed by atoms with Gasteiger partial charge in [0.05, 0.1) is 7.11 Å². The summed E-state index contributed by atoms with van der Waals surface area (Å²) >= 11 is 0. The molecule has 0 rings (SSSR count). The second-order valence-electron chi connectivity index (χ2n) is 5.64. The Morgan fingerprint density at radius 3 is 2.20 bits per heavy atom. The molecule has 0 aromatic heterocycles. The number of hydrogen-bond acceptors (Lipinski definition) is 4. The van der Waals surface area contributed by atoms with E-state index in [1.165, 1.54) is 7.11 Å². The number of carbonyl (C=O) groups excluding carboxylic acids is 2. The molecule has 0 aromatic carbocycles. The molecule has 6 nitrogen and oxygen atoms in total. The third kappa shape index (κ3) is 7.99. The molecule has 0 radical (unpaired) electrons. The molecule has 0 saturated heterocycles. The van der Waals surface area contributed by atoms with Crippen LogP contribution in [0, 0.1) is 0 Å². The van der Waals surface area contributed by atoms with Crippen molar-refractivity contribution in [1.29, 1.82) is 0 Å². The van der Waals surface area contributed by atoms with Gasteiger partial charge in [-0.3, -0.25) is 9.63 Å². The summed E-state index contributed by atoms with van der Waals surface area (Å²) in [5, 5.41) is 1.16. The summed E-state index contributed by atoms with van der Waals surface area (Å²) in [7, 11) is 2.98. The molecule has 0 heterocycles. The third-order valence-corrected chi connectivity index (χ3v) is 2.65. The number of ether oxygens (including phenoxy) is 1. The van der Waals surface area contributed by atoms with Crippen molar-refractivity contribution in [3.8, 4) is 0 Å². The van der Waals surface area contributed by atoms with E-state index in [-0.39, 0.29) is 18.4 Å². The van der Waals surface area contributed by atoms with Gasteiger partial charge >= 0.3 is 6.09 Å². The molecule has 0 saturated carbocycles. The molecule has 0 N–H and O–H groups in total. The molecule has 0 bridgehead atoms. The monoisotopic (exact) mass is 288 g/mol. The first-order valence-corrected chi connectivity index (χ1v) is 6.99. The summed E-state index contributed by atoms with van der Waals surface area (Å²) < 4.78 is 5.35. The Morgan fingerprint density at radius 2 is 1.75 bits per heavy atom. The van der Waals surface area contributed by atoms with Gasteiger partial charge in [0.2, 0.25) is 5.91 Å². The Labute approximate surface area is 122 Å². The number of nitrogens with zero attached hydrogens (tertiary/aromatic N) is 2. The quantitative estimate of drug-likeness (QED) is 0.675. The molecule has 0 spiro atoms. The van der Waals surface area contributed by atoms with Crippen LogP contribution in [0.15, 0.2) is 0 Å². The van der Waals surface area contributed by atoms with Gasteiger partial charge in [0, 0.05) is 26.6 Å². The van der Waals surface area contributed by atoms with E-state index in [2.05, 4.69) is 6.92 Å². The number of carbonyl (C=O) groups is 2. The van der Waals surface area contributed by atoms with Crippen LogP contribution in [0.25, 0.3) is 0 Å². The lowest BCUT2D eigenvalue weighted by Crippen LogP contribution is -2.39. The minimum absolute atomic E-state index is 0.169. The van der Waals surface area contributed by atoms with Crippen LogP contribution in [0.1, 0.15) is 47.0 Å². The summed E-state index contributed by atoms with van der Waals surface area (Å²) in [6, 6.07) is 0. The minimum atomic E-state index is -0.533. The van der Waals surface area contributed by atoms with Crippen molar-refractivity contribution in [2.45, 2.75) is 52.6 Å². The number of rotatable bonds is 7. The van der Waals surface area contributed by atoms with Gasteiger partial charge in [0.1, 0.15) is 5.60 Å². The number of hydroxylamine groups is 2. The summed E-state index contributed by atoms with van der Waals surface area (Å²) in [5.74, 6) is -0.169. The van der Waals surface area contributed by atoms with E-state index in [0.717, 1.165) is 17.9 Å². The molecule has 0 aliphatic carbocycles. The van der Waals surface area contributed by atoms with Crippen LogP contribution in [0.3, 0.4) is 0 Å². The second-order valence-corrected chi connectivity index (χ2v) is 5.64. The van der Waals surface area contributed by atoms with Gasteiger partial charge in [-0.15, -0.1) is 0 Å². The molecule has 0 aliphatic rings. The van der Waals surface area contributed by atoms with Crippen molar-refractivity contribution >= 4 is 12.0 Å². The highest BCUT2D eigenvalue weighted by atomic mass is 16.7. The van der Waals surface area contributed by atoms with Gasteiger partial charge < -0.3 is 9.64 Å². The van der Waals surface area contributed by atoms with E-state index in [1.807, 2.05) is 20.8 Å². The normalized spacial score (nSPS) is 11.1. The van der Waals surface area contributed by atoms with Crippen LogP contribution in [-0.2, 0) is 14.4 Å².